The van der Waals surface area contributed by atoms with Gasteiger partial charge >= 0.3 is 0 Å². The molecule has 1 saturated carbocycles. The molecule has 6 heteroatoms. The number of nitro groups is 1. The lowest BCUT2D eigenvalue weighted by molar-refractivity contribution is -0.384. The molecular formula is C17H26N4O2. The first-order valence-corrected chi connectivity index (χ1v) is 8.34. The SMILES string of the molecule is CCNC(=NCc1cccc([N+](=O)[O-])c1)NCC1(CC)CCC1. The summed E-state index contributed by atoms with van der Waals surface area (Å²) in [6.45, 7) is 6.43. The van der Waals surface area contributed by atoms with Crippen molar-refractivity contribution in [1.29, 1.82) is 0 Å². The van der Waals surface area contributed by atoms with Crippen LogP contribution in [-0.2, 0) is 6.54 Å². The maximum Gasteiger partial charge on any atom is 0.269 e. The number of nitrogens with zero attached hydrogens (tertiary/aromatic N) is 2. The first-order valence-electron chi connectivity index (χ1n) is 8.34. The van der Waals surface area contributed by atoms with E-state index in [4.69, 9.17) is 0 Å². The summed E-state index contributed by atoms with van der Waals surface area (Å²) in [5.74, 6) is 0.777. The second-order valence-corrected chi connectivity index (χ2v) is 6.18. The van der Waals surface area contributed by atoms with Crippen molar-refractivity contribution in [2.75, 3.05) is 13.1 Å². The standard InChI is InChI=1S/C17H26N4O2/c1-3-17(9-6-10-17)13-20-16(18-4-2)19-12-14-7-5-8-15(11-14)21(22)23/h5,7-8,11H,3-4,6,9-10,12-13H2,1-2H3,(H2,18,19,20). The van der Waals surface area contributed by atoms with E-state index < -0.39 is 0 Å². The topological polar surface area (TPSA) is 79.6 Å². The highest BCUT2D eigenvalue weighted by atomic mass is 16.6. The van der Waals surface area contributed by atoms with Crippen LogP contribution in [-0.4, -0.2) is 24.0 Å². The zero-order valence-electron chi connectivity index (χ0n) is 14.0. The van der Waals surface area contributed by atoms with Gasteiger partial charge in [0.25, 0.3) is 5.69 Å². The van der Waals surface area contributed by atoms with E-state index in [1.165, 1.54) is 31.7 Å². The van der Waals surface area contributed by atoms with Gasteiger partial charge in [-0.3, -0.25) is 10.1 Å². The molecule has 1 fully saturated rings. The largest absolute Gasteiger partial charge is 0.357 e. The molecule has 0 bridgehead atoms. The fourth-order valence-electron chi connectivity index (χ4n) is 2.88. The van der Waals surface area contributed by atoms with E-state index in [0.717, 1.165) is 24.6 Å². The minimum Gasteiger partial charge on any atom is -0.357 e. The van der Waals surface area contributed by atoms with E-state index in [1.807, 2.05) is 13.0 Å². The van der Waals surface area contributed by atoms with Crippen molar-refractivity contribution in [2.45, 2.75) is 46.1 Å². The summed E-state index contributed by atoms with van der Waals surface area (Å²) in [6.07, 6.45) is 5.06. The summed E-state index contributed by atoms with van der Waals surface area (Å²) in [5.41, 5.74) is 1.36. The molecule has 2 N–H and O–H groups in total. The quantitative estimate of drug-likeness (QED) is 0.350. The van der Waals surface area contributed by atoms with Gasteiger partial charge in [0.15, 0.2) is 5.96 Å². The van der Waals surface area contributed by atoms with Crippen molar-refractivity contribution in [3.8, 4) is 0 Å². The molecule has 23 heavy (non-hydrogen) atoms. The molecule has 0 saturated heterocycles. The van der Waals surface area contributed by atoms with E-state index in [9.17, 15) is 10.1 Å². The van der Waals surface area contributed by atoms with Crippen LogP contribution in [0.3, 0.4) is 0 Å². The highest BCUT2D eigenvalue weighted by Crippen LogP contribution is 2.42. The minimum absolute atomic E-state index is 0.107. The molecule has 0 aromatic heterocycles. The van der Waals surface area contributed by atoms with Crippen LogP contribution in [0.1, 0.15) is 45.1 Å². The third-order valence-corrected chi connectivity index (χ3v) is 4.68. The third kappa shape index (κ3) is 4.68. The average Bonchev–Trinajstić information content (AvgIpc) is 2.52. The maximum absolute atomic E-state index is 10.8. The molecule has 0 heterocycles. The normalized spacial score (nSPS) is 16.5. The van der Waals surface area contributed by atoms with Gasteiger partial charge in [-0.15, -0.1) is 0 Å². The van der Waals surface area contributed by atoms with Crippen molar-refractivity contribution in [3.63, 3.8) is 0 Å². The van der Waals surface area contributed by atoms with Gasteiger partial charge in [-0.25, -0.2) is 4.99 Å². The third-order valence-electron chi connectivity index (χ3n) is 4.68. The van der Waals surface area contributed by atoms with E-state index in [1.54, 1.807) is 12.1 Å². The highest BCUT2D eigenvalue weighted by molar-refractivity contribution is 5.79. The lowest BCUT2D eigenvalue weighted by atomic mass is 9.67. The summed E-state index contributed by atoms with van der Waals surface area (Å²) in [7, 11) is 0. The van der Waals surface area contributed by atoms with Gasteiger partial charge in [0.05, 0.1) is 11.5 Å². The van der Waals surface area contributed by atoms with Gasteiger partial charge < -0.3 is 10.6 Å². The fraction of sp³-hybridized carbons (Fsp3) is 0.588. The van der Waals surface area contributed by atoms with Gasteiger partial charge in [-0.05, 0) is 37.2 Å². The number of nitrogens with one attached hydrogen (secondary N) is 2. The van der Waals surface area contributed by atoms with Crippen molar-refractivity contribution < 1.29 is 4.92 Å². The van der Waals surface area contributed by atoms with Crippen LogP contribution in [0.5, 0.6) is 0 Å². The number of guanidine groups is 1. The van der Waals surface area contributed by atoms with Crippen molar-refractivity contribution >= 4 is 11.6 Å². The molecule has 126 valence electrons. The summed E-state index contributed by atoms with van der Waals surface area (Å²) in [6, 6.07) is 6.63. The summed E-state index contributed by atoms with van der Waals surface area (Å²) in [4.78, 5) is 15.0. The molecular weight excluding hydrogens is 292 g/mol. The van der Waals surface area contributed by atoms with Crippen molar-refractivity contribution in [2.24, 2.45) is 10.4 Å². The van der Waals surface area contributed by atoms with Crippen LogP contribution in [0, 0.1) is 15.5 Å². The average molecular weight is 318 g/mol. The maximum atomic E-state index is 10.8. The van der Waals surface area contributed by atoms with Crippen molar-refractivity contribution in [3.05, 3.63) is 39.9 Å². The lowest BCUT2D eigenvalue weighted by Crippen LogP contribution is -2.46. The lowest BCUT2D eigenvalue weighted by Gasteiger charge is -2.41. The van der Waals surface area contributed by atoms with Gasteiger partial charge in [0, 0.05) is 25.2 Å². The van der Waals surface area contributed by atoms with E-state index in [0.29, 0.717) is 12.0 Å². The number of aliphatic imine (C=N–C) groups is 1. The van der Waals surface area contributed by atoms with Crippen molar-refractivity contribution in [1.82, 2.24) is 10.6 Å². The number of non-ortho nitro benzene ring substituents is 1. The molecule has 0 aliphatic heterocycles. The van der Waals surface area contributed by atoms with E-state index in [2.05, 4.69) is 22.5 Å². The number of benzene rings is 1. The Balaban J connectivity index is 1.98. The monoisotopic (exact) mass is 318 g/mol. The van der Waals surface area contributed by atoms with Crippen LogP contribution in [0.15, 0.2) is 29.3 Å². The van der Waals surface area contributed by atoms with Gasteiger partial charge in [0.2, 0.25) is 0 Å². The Hall–Kier alpha value is -2.11. The fourth-order valence-corrected chi connectivity index (χ4v) is 2.88. The first kappa shape index (κ1) is 17.2. The zero-order valence-corrected chi connectivity index (χ0v) is 14.0. The number of hydrogen-bond donors (Lipinski definition) is 2. The van der Waals surface area contributed by atoms with Gasteiger partial charge in [0.1, 0.15) is 0 Å². The Bertz CT molecular complexity index is 562. The molecule has 0 unspecified atom stereocenters. The smallest absolute Gasteiger partial charge is 0.269 e. The number of nitro benzene ring substituents is 1. The first-order chi connectivity index (χ1) is 11.1. The van der Waals surface area contributed by atoms with Gasteiger partial charge in [-0.1, -0.05) is 25.5 Å². The predicted molar refractivity (Wildman–Crippen MR) is 92.5 cm³/mol. The second kappa shape index (κ2) is 7.94. The van der Waals surface area contributed by atoms with Crippen LogP contribution >= 0.6 is 0 Å². The zero-order chi connectivity index (χ0) is 16.7. The van der Waals surface area contributed by atoms with Crippen LogP contribution in [0.25, 0.3) is 0 Å². The number of hydrogen-bond acceptors (Lipinski definition) is 3. The minimum atomic E-state index is -0.377. The van der Waals surface area contributed by atoms with Gasteiger partial charge in [-0.2, -0.15) is 0 Å². The molecule has 6 nitrogen and oxygen atoms in total. The van der Waals surface area contributed by atoms with Crippen LogP contribution in [0.4, 0.5) is 5.69 Å². The Kier molecular flexibility index (Phi) is 5.96. The van der Waals surface area contributed by atoms with Crippen LogP contribution in [0.2, 0.25) is 0 Å². The predicted octanol–water partition coefficient (Wildman–Crippen LogP) is 3.23. The Morgan fingerprint density at radius 3 is 2.70 bits per heavy atom. The summed E-state index contributed by atoms with van der Waals surface area (Å²) < 4.78 is 0. The molecule has 0 spiro atoms. The van der Waals surface area contributed by atoms with E-state index >= 15 is 0 Å². The Morgan fingerprint density at radius 1 is 1.35 bits per heavy atom. The molecule has 0 radical (unpaired) electrons. The van der Waals surface area contributed by atoms with Crippen LogP contribution < -0.4 is 10.6 Å². The summed E-state index contributed by atoms with van der Waals surface area (Å²) in [5, 5.41) is 17.5. The Labute approximate surface area is 137 Å². The second-order valence-electron chi connectivity index (χ2n) is 6.18. The molecule has 0 amide bonds. The summed E-state index contributed by atoms with van der Waals surface area (Å²) >= 11 is 0. The van der Waals surface area contributed by atoms with E-state index in [-0.39, 0.29) is 10.6 Å². The molecule has 2 rings (SSSR count). The number of rotatable bonds is 7. The molecule has 1 aromatic carbocycles. The Morgan fingerprint density at radius 2 is 2.13 bits per heavy atom. The highest BCUT2D eigenvalue weighted by Gasteiger charge is 2.34. The molecule has 0 atom stereocenters. The molecule has 1 aromatic rings. The molecule has 1 aliphatic carbocycles. The molecule has 1 aliphatic rings.